The average molecular weight is 394 g/mol. The van der Waals surface area contributed by atoms with Gasteiger partial charge in [-0.15, -0.1) is 0 Å². The highest BCUT2D eigenvalue weighted by Gasteiger charge is 2.76. The summed E-state index contributed by atoms with van der Waals surface area (Å²) >= 11 is 0. The second kappa shape index (κ2) is 5.81. The van der Waals surface area contributed by atoms with E-state index < -0.39 is 58.5 Å². The van der Waals surface area contributed by atoms with E-state index in [1.807, 2.05) is 0 Å². The molecule has 0 amide bonds. The van der Waals surface area contributed by atoms with Gasteiger partial charge in [0.15, 0.2) is 22.8 Å². The fourth-order valence-corrected chi connectivity index (χ4v) is 6.85. The van der Waals surface area contributed by atoms with Crippen molar-refractivity contribution in [1.29, 1.82) is 0 Å². The van der Waals surface area contributed by atoms with E-state index in [0.29, 0.717) is 18.4 Å². The zero-order valence-electron chi connectivity index (χ0n) is 16.1. The number of Topliss-reactive ketones (excluding diaryl/α,β-unsaturated/α-hetero) is 1. The number of carbonyl (C=O) groups excluding carboxylic acids is 2. The molecule has 4 aliphatic rings. The third-order valence-corrected chi connectivity index (χ3v) is 8.43. The monoisotopic (exact) mass is 394 g/mol. The number of hydrogen-bond donors (Lipinski definition) is 4. The van der Waals surface area contributed by atoms with E-state index in [0.717, 1.165) is 0 Å². The molecule has 4 aliphatic carbocycles. The van der Waals surface area contributed by atoms with Gasteiger partial charge >= 0.3 is 0 Å². The van der Waals surface area contributed by atoms with Crippen LogP contribution >= 0.6 is 0 Å². The van der Waals surface area contributed by atoms with Crippen molar-refractivity contribution in [2.75, 3.05) is 6.61 Å². The summed E-state index contributed by atoms with van der Waals surface area (Å²) in [5.74, 6) is -2.38. The molecule has 0 bridgehead atoms. The minimum atomic E-state index is -2.23. The highest BCUT2D eigenvalue weighted by Crippen LogP contribution is 2.69. The number of aliphatic hydroxyl groups is 4. The van der Waals surface area contributed by atoms with Crippen molar-refractivity contribution in [3.05, 3.63) is 23.8 Å². The van der Waals surface area contributed by atoms with Crippen molar-refractivity contribution < 1.29 is 34.4 Å². The Balaban J connectivity index is 1.84. The van der Waals surface area contributed by atoms with Gasteiger partial charge in [0, 0.05) is 16.7 Å². The topological polar surface area (TPSA) is 115 Å². The summed E-state index contributed by atoms with van der Waals surface area (Å²) in [5.41, 5.74) is -6.12. The minimum Gasteiger partial charge on any atom is -0.390 e. The van der Waals surface area contributed by atoms with E-state index in [1.54, 1.807) is 13.8 Å². The van der Waals surface area contributed by atoms with Crippen LogP contribution in [0.25, 0.3) is 0 Å². The van der Waals surface area contributed by atoms with Crippen LogP contribution in [0, 0.1) is 22.7 Å². The molecule has 0 spiro atoms. The van der Waals surface area contributed by atoms with Gasteiger partial charge in [0.2, 0.25) is 0 Å². The van der Waals surface area contributed by atoms with Crippen molar-refractivity contribution in [3.63, 3.8) is 0 Å². The lowest BCUT2D eigenvalue weighted by Crippen LogP contribution is -2.69. The summed E-state index contributed by atoms with van der Waals surface area (Å²) in [4.78, 5) is 24.2. The molecule has 0 radical (unpaired) electrons. The van der Waals surface area contributed by atoms with Gasteiger partial charge in [-0.1, -0.05) is 18.6 Å². The minimum absolute atomic E-state index is 0.0135. The van der Waals surface area contributed by atoms with Crippen LogP contribution < -0.4 is 0 Å². The molecule has 0 aromatic rings. The van der Waals surface area contributed by atoms with Crippen LogP contribution in [0.4, 0.5) is 4.39 Å². The van der Waals surface area contributed by atoms with Gasteiger partial charge in [-0.2, -0.15) is 0 Å². The zero-order chi connectivity index (χ0) is 20.7. The Morgan fingerprint density at radius 2 is 1.93 bits per heavy atom. The zero-order valence-corrected chi connectivity index (χ0v) is 16.1. The molecule has 4 rings (SSSR count). The Morgan fingerprint density at radius 3 is 2.57 bits per heavy atom. The predicted molar refractivity (Wildman–Crippen MR) is 96.8 cm³/mol. The molecule has 0 unspecified atom stereocenters. The second-order valence-electron chi connectivity index (χ2n) is 9.36. The first-order valence-electron chi connectivity index (χ1n) is 9.82. The summed E-state index contributed by atoms with van der Waals surface area (Å²) in [6.07, 6.45) is 1.93. The maximum Gasteiger partial charge on any atom is 0.192 e. The van der Waals surface area contributed by atoms with Gasteiger partial charge in [-0.25, -0.2) is 4.39 Å². The Bertz CT molecular complexity index is 807. The lowest BCUT2D eigenvalue weighted by atomic mass is 9.44. The van der Waals surface area contributed by atoms with Crippen LogP contribution in [0.1, 0.15) is 39.5 Å². The second-order valence-corrected chi connectivity index (χ2v) is 9.36. The third-order valence-electron chi connectivity index (χ3n) is 8.43. The van der Waals surface area contributed by atoms with Crippen LogP contribution in [-0.2, 0) is 9.59 Å². The van der Waals surface area contributed by atoms with E-state index in [9.17, 15) is 30.0 Å². The van der Waals surface area contributed by atoms with E-state index in [4.69, 9.17) is 0 Å². The van der Waals surface area contributed by atoms with Gasteiger partial charge in [0.05, 0.1) is 12.2 Å². The van der Waals surface area contributed by atoms with E-state index in [2.05, 4.69) is 0 Å². The maximum absolute atomic E-state index is 16.8. The molecule has 3 saturated carbocycles. The SMILES string of the molecule is C[C@@]12C=CC(=O)C=C1CC[C@H]1[C@H]3C[C@@H](O)[C@](O)(C(=O)CO)[C@]3(C)C[C@@H](O)[C@@]12F. The van der Waals surface area contributed by atoms with Gasteiger partial charge < -0.3 is 20.4 Å². The number of rotatable bonds is 2. The molecule has 0 aromatic carbocycles. The Kier molecular flexibility index (Phi) is 4.13. The van der Waals surface area contributed by atoms with E-state index in [1.165, 1.54) is 18.2 Å². The molecule has 7 heteroatoms. The number of ketones is 2. The molecule has 3 fully saturated rings. The summed E-state index contributed by atoms with van der Waals surface area (Å²) in [6, 6.07) is 0. The third kappa shape index (κ3) is 2.01. The molecule has 0 heterocycles. The smallest absolute Gasteiger partial charge is 0.192 e. The van der Waals surface area contributed by atoms with Gasteiger partial charge in [-0.3, -0.25) is 9.59 Å². The lowest BCUT2D eigenvalue weighted by Gasteiger charge is -2.62. The first-order chi connectivity index (χ1) is 13.0. The molecule has 4 N–H and O–H groups in total. The molecular weight excluding hydrogens is 367 g/mol. The summed E-state index contributed by atoms with van der Waals surface area (Å²) < 4.78 is 16.8. The van der Waals surface area contributed by atoms with Gasteiger partial charge in [0.1, 0.15) is 6.61 Å². The standard InChI is InChI=1S/C21H27FO6/c1-18-6-5-12(24)7-11(18)3-4-13-14-8-15(25)21(28,17(27)10-23)19(14,2)9-16(26)20(13,18)22/h5-7,13-16,23,25-26,28H,3-4,8-10H2,1-2H3/t13-,14+,15+,16+,18+,19+,20-,21-/m0/s1. The van der Waals surface area contributed by atoms with Crippen molar-refractivity contribution in [2.45, 2.75) is 63.0 Å². The van der Waals surface area contributed by atoms with Crippen LogP contribution in [0.15, 0.2) is 23.8 Å². The Morgan fingerprint density at radius 1 is 1.25 bits per heavy atom. The molecule has 6 nitrogen and oxygen atoms in total. The number of carbonyl (C=O) groups is 2. The molecule has 0 aromatic heterocycles. The number of alkyl halides is 1. The van der Waals surface area contributed by atoms with Crippen molar-refractivity contribution in [2.24, 2.45) is 22.7 Å². The summed E-state index contributed by atoms with van der Waals surface area (Å²) in [7, 11) is 0. The number of fused-ring (bicyclic) bond motifs is 5. The number of hydrogen-bond acceptors (Lipinski definition) is 6. The molecule has 28 heavy (non-hydrogen) atoms. The summed E-state index contributed by atoms with van der Waals surface area (Å²) in [6.45, 7) is 2.33. The number of allylic oxidation sites excluding steroid dienone is 4. The normalized spacial score (nSPS) is 52.5. The van der Waals surface area contributed by atoms with Crippen LogP contribution in [0.2, 0.25) is 0 Å². The van der Waals surface area contributed by atoms with Crippen molar-refractivity contribution >= 4 is 11.6 Å². The fraction of sp³-hybridized carbons (Fsp3) is 0.714. The fourth-order valence-electron chi connectivity index (χ4n) is 6.85. The highest BCUT2D eigenvalue weighted by atomic mass is 19.1. The van der Waals surface area contributed by atoms with Crippen LogP contribution in [0.3, 0.4) is 0 Å². The van der Waals surface area contributed by atoms with E-state index >= 15 is 4.39 Å². The molecule has 0 aliphatic heterocycles. The van der Waals surface area contributed by atoms with Gasteiger partial charge in [0.25, 0.3) is 0 Å². The molecule has 8 atom stereocenters. The quantitative estimate of drug-likeness (QED) is 0.546. The lowest BCUT2D eigenvalue weighted by molar-refractivity contribution is -0.222. The first-order valence-corrected chi connectivity index (χ1v) is 9.82. The Labute approximate surface area is 162 Å². The Hall–Kier alpha value is -1.41. The first kappa shape index (κ1) is 19.9. The van der Waals surface area contributed by atoms with Crippen LogP contribution in [-0.4, -0.2) is 62.1 Å². The average Bonchev–Trinajstić information content (AvgIpc) is 2.84. The molecular formula is C21H27FO6. The van der Waals surface area contributed by atoms with E-state index in [-0.39, 0.29) is 18.6 Å². The van der Waals surface area contributed by atoms with Crippen molar-refractivity contribution in [1.82, 2.24) is 0 Å². The molecule has 0 saturated heterocycles. The number of halogens is 1. The summed E-state index contributed by atoms with van der Waals surface area (Å²) in [5, 5.41) is 42.1. The largest absolute Gasteiger partial charge is 0.390 e. The highest BCUT2D eigenvalue weighted by molar-refractivity contribution is 6.01. The van der Waals surface area contributed by atoms with Gasteiger partial charge in [-0.05, 0) is 50.7 Å². The number of aliphatic hydroxyl groups excluding tert-OH is 3. The van der Waals surface area contributed by atoms with Crippen LogP contribution in [0.5, 0.6) is 0 Å². The van der Waals surface area contributed by atoms with Crippen molar-refractivity contribution in [3.8, 4) is 0 Å². The predicted octanol–water partition coefficient (Wildman–Crippen LogP) is 0.620. The maximum atomic E-state index is 16.8. The molecule has 154 valence electrons.